The van der Waals surface area contributed by atoms with Crippen molar-refractivity contribution in [2.75, 3.05) is 19.6 Å². The van der Waals surface area contributed by atoms with Gasteiger partial charge in [0.2, 0.25) is 0 Å². The number of hydrogen-bond donors (Lipinski definition) is 1. The molecule has 0 saturated heterocycles. The van der Waals surface area contributed by atoms with Crippen LogP contribution < -0.4 is 0 Å². The fourth-order valence-corrected chi connectivity index (χ4v) is 4.76. The number of likely N-dealkylation sites (N-methyl/N-ethyl adjacent to an activating group) is 1. The summed E-state index contributed by atoms with van der Waals surface area (Å²) in [5.41, 5.74) is -0.829. The third-order valence-electron chi connectivity index (χ3n) is 6.25. The van der Waals surface area contributed by atoms with Gasteiger partial charge in [0.05, 0.1) is 11.5 Å². The number of carbonyl (C=O) groups is 1. The second-order valence-electron chi connectivity index (χ2n) is 7.86. The lowest BCUT2D eigenvalue weighted by Crippen LogP contribution is -2.52. The van der Waals surface area contributed by atoms with E-state index in [1.807, 2.05) is 6.92 Å². The summed E-state index contributed by atoms with van der Waals surface area (Å²) in [5.74, 6) is -0.210. The summed E-state index contributed by atoms with van der Waals surface area (Å²) in [4.78, 5) is 15.1. The molecule has 0 unspecified atom stereocenters. The predicted octanol–water partition coefficient (Wildman–Crippen LogP) is 3.76. The number of esters is 1. The standard InChI is InChI=1S/C20H37NO3/c1-4-21(5-2)15-16(3)24-19(22)18-13-9-10-14-20(18,23)17-11-7-6-8-12-17/h16-18,23H,4-15H2,1-3H3/t16-,18-,20-/m0/s1. The van der Waals surface area contributed by atoms with E-state index in [0.717, 1.165) is 58.2 Å². The van der Waals surface area contributed by atoms with Gasteiger partial charge < -0.3 is 14.7 Å². The Kier molecular flexibility index (Phi) is 7.55. The van der Waals surface area contributed by atoms with Crippen LogP contribution in [0.4, 0.5) is 0 Å². The molecule has 0 spiro atoms. The molecule has 0 heterocycles. The van der Waals surface area contributed by atoms with Crippen molar-refractivity contribution >= 4 is 5.97 Å². The van der Waals surface area contributed by atoms with Gasteiger partial charge in [-0.3, -0.25) is 4.79 Å². The normalized spacial score (nSPS) is 30.3. The lowest BCUT2D eigenvalue weighted by Gasteiger charge is -2.45. The van der Waals surface area contributed by atoms with Crippen molar-refractivity contribution in [3.05, 3.63) is 0 Å². The molecule has 24 heavy (non-hydrogen) atoms. The minimum absolute atomic E-state index is 0.116. The highest BCUT2D eigenvalue weighted by atomic mass is 16.5. The van der Waals surface area contributed by atoms with Crippen LogP contribution in [0, 0.1) is 11.8 Å². The first kappa shape index (κ1) is 19.7. The summed E-state index contributed by atoms with van der Waals surface area (Å²) < 4.78 is 5.77. The molecule has 3 atom stereocenters. The van der Waals surface area contributed by atoms with Gasteiger partial charge in [0, 0.05) is 6.54 Å². The van der Waals surface area contributed by atoms with Crippen LogP contribution in [0.15, 0.2) is 0 Å². The van der Waals surface area contributed by atoms with Gasteiger partial charge in [-0.15, -0.1) is 0 Å². The number of carbonyl (C=O) groups excluding carboxylic acids is 1. The van der Waals surface area contributed by atoms with Crippen molar-refractivity contribution in [3.63, 3.8) is 0 Å². The molecular weight excluding hydrogens is 302 g/mol. The van der Waals surface area contributed by atoms with Crippen LogP contribution in [0.25, 0.3) is 0 Å². The Hall–Kier alpha value is -0.610. The molecule has 0 aliphatic heterocycles. The minimum atomic E-state index is -0.829. The first-order valence-corrected chi connectivity index (χ1v) is 10.2. The Morgan fingerprint density at radius 3 is 2.38 bits per heavy atom. The Balaban J connectivity index is 1.99. The first-order chi connectivity index (χ1) is 11.5. The molecule has 0 amide bonds. The van der Waals surface area contributed by atoms with Gasteiger partial charge >= 0.3 is 5.97 Å². The molecule has 2 saturated carbocycles. The van der Waals surface area contributed by atoms with E-state index in [1.54, 1.807) is 0 Å². The maximum atomic E-state index is 12.8. The van der Waals surface area contributed by atoms with E-state index >= 15 is 0 Å². The molecule has 0 radical (unpaired) electrons. The molecule has 0 aromatic heterocycles. The first-order valence-electron chi connectivity index (χ1n) is 10.2. The van der Waals surface area contributed by atoms with Gasteiger partial charge in [0.25, 0.3) is 0 Å². The Bertz CT molecular complexity index is 390. The van der Waals surface area contributed by atoms with Gasteiger partial charge in [-0.05, 0) is 51.6 Å². The Morgan fingerprint density at radius 1 is 1.12 bits per heavy atom. The third kappa shape index (κ3) is 4.72. The summed E-state index contributed by atoms with van der Waals surface area (Å²) in [5, 5.41) is 11.4. The van der Waals surface area contributed by atoms with Gasteiger partial charge in [0.1, 0.15) is 6.10 Å². The summed E-state index contributed by atoms with van der Waals surface area (Å²) >= 11 is 0. The Labute approximate surface area is 147 Å². The predicted molar refractivity (Wildman–Crippen MR) is 96.8 cm³/mol. The van der Waals surface area contributed by atoms with Crippen LogP contribution in [0.2, 0.25) is 0 Å². The monoisotopic (exact) mass is 339 g/mol. The topological polar surface area (TPSA) is 49.8 Å². The van der Waals surface area contributed by atoms with Crippen LogP contribution in [0.5, 0.6) is 0 Å². The Morgan fingerprint density at radius 2 is 1.75 bits per heavy atom. The van der Waals surface area contributed by atoms with Crippen molar-refractivity contribution in [2.24, 2.45) is 11.8 Å². The molecule has 2 fully saturated rings. The van der Waals surface area contributed by atoms with Crippen molar-refractivity contribution in [3.8, 4) is 0 Å². The van der Waals surface area contributed by atoms with Crippen molar-refractivity contribution in [1.29, 1.82) is 0 Å². The van der Waals surface area contributed by atoms with Crippen LogP contribution in [-0.4, -0.2) is 47.3 Å². The lowest BCUT2D eigenvalue weighted by atomic mass is 9.64. The van der Waals surface area contributed by atoms with E-state index in [2.05, 4.69) is 18.7 Å². The average Bonchev–Trinajstić information content (AvgIpc) is 2.60. The molecule has 4 nitrogen and oxygen atoms in total. The average molecular weight is 340 g/mol. The molecule has 2 aliphatic rings. The zero-order chi connectivity index (χ0) is 17.6. The maximum absolute atomic E-state index is 12.8. The molecular formula is C20H37NO3. The number of nitrogens with zero attached hydrogens (tertiary/aromatic N) is 1. The quantitative estimate of drug-likeness (QED) is 0.718. The minimum Gasteiger partial charge on any atom is -0.461 e. The van der Waals surface area contributed by atoms with E-state index in [9.17, 15) is 9.90 Å². The number of hydrogen-bond acceptors (Lipinski definition) is 4. The molecule has 2 aliphatic carbocycles. The summed E-state index contributed by atoms with van der Waals surface area (Å²) in [7, 11) is 0. The fourth-order valence-electron chi connectivity index (χ4n) is 4.76. The van der Waals surface area contributed by atoms with Crippen molar-refractivity contribution < 1.29 is 14.6 Å². The highest BCUT2D eigenvalue weighted by molar-refractivity contribution is 5.74. The smallest absolute Gasteiger partial charge is 0.312 e. The summed E-state index contributed by atoms with van der Waals surface area (Å²) in [6.07, 6.45) is 9.26. The molecule has 140 valence electrons. The number of aliphatic hydroxyl groups is 1. The molecule has 1 N–H and O–H groups in total. The van der Waals surface area contributed by atoms with Gasteiger partial charge in [-0.1, -0.05) is 46.0 Å². The van der Waals surface area contributed by atoms with E-state index in [1.165, 1.54) is 19.3 Å². The van der Waals surface area contributed by atoms with Crippen LogP contribution >= 0.6 is 0 Å². The SMILES string of the molecule is CCN(CC)C[C@H](C)OC(=O)[C@@H]1CCCC[C@]1(O)C1CCCCC1. The molecule has 0 aromatic carbocycles. The number of ether oxygens (including phenoxy) is 1. The van der Waals surface area contributed by atoms with Gasteiger partial charge in [0.15, 0.2) is 0 Å². The molecule has 0 bridgehead atoms. The number of rotatable bonds is 7. The molecule has 2 rings (SSSR count). The summed E-state index contributed by atoms with van der Waals surface area (Å²) in [6, 6.07) is 0. The van der Waals surface area contributed by atoms with Crippen molar-refractivity contribution in [1.82, 2.24) is 4.90 Å². The van der Waals surface area contributed by atoms with E-state index in [0.29, 0.717) is 0 Å². The zero-order valence-electron chi connectivity index (χ0n) is 15.9. The van der Waals surface area contributed by atoms with E-state index < -0.39 is 5.60 Å². The summed E-state index contributed by atoms with van der Waals surface area (Å²) in [6.45, 7) is 8.93. The largest absolute Gasteiger partial charge is 0.461 e. The lowest BCUT2D eigenvalue weighted by molar-refractivity contribution is -0.176. The van der Waals surface area contributed by atoms with E-state index in [4.69, 9.17) is 4.74 Å². The maximum Gasteiger partial charge on any atom is 0.312 e. The third-order valence-corrected chi connectivity index (χ3v) is 6.25. The zero-order valence-corrected chi connectivity index (χ0v) is 15.9. The molecule has 4 heteroatoms. The van der Waals surface area contributed by atoms with Gasteiger partial charge in [-0.25, -0.2) is 0 Å². The van der Waals surface area contributed by atoms with Crippen LogP contribution in [-0.2, 0) is 9.53 Å². The molecule has 0 aromatic rings. The van der Waals surface area contributed by atoms with Crippen molar-refractivity contribution in [2.45, 2.75) is 90.3 Å². The second kappa shape index (κ2) is 9.19. The van der Waals surface area contributed by atoms with Crippen LogP contribution in [0.1, 0.15) is 78.6 Å². The highest BCUT2D eigenvalue weighted by Crippen LogP contribution is 2.45. The second-order valence-corrected chi connectivity index (χ2v) is 7.86. The fraction of sp³-hybridized carbons (Fsp3) is 0.950. The van der Waals surface area contributed by atoms with Crippen LogP contribution in [0.3, 0.4) is 0 Å². The van der Waals surface area contributed by atoms with E-state index in [-0.39, 0.29) is 23.9 Å². The van der Waals surface area contributed by atoms with Gasteiger partial charge in [-0.2, -0.15) is 0 Å². The highest BCUT2D eigenvalue weighted by Gasteiger charge is 2.49.